The lowest BCUT2D eigenvalue weighted by Gasteiger charge is -2.15. The van der Waals surface area contributed by atoms with Crippen LogP contribution in [0.2, 0.25) is 0 Å². The van der Waals surface area contributed by atoms with Crippen molar-refractivity contribution in [2.45, 2.75) is 97.5 Å². The predicted octanol–water partition coefficient (Wildman–Crippen LogP) is 10.8. The predicted molar refractivity (Wildman–Crippen MR) is 159 cm³/mol. The van der Waals surface area contributed by atoms with Crippen LogP contribution in [0.3, 0.4) is 0 Å². The summed E-state index contributed by atoms with van der Waals surface area (Å²) in [5.41, 5.74) is 6.18. The minimum absolute atomic E-state index is 0.124. The fraction of sp³-hybridized carbons (Fsp3) is 0.486. The van der Waals surface area contributed by atoms with Crippen molar-refractivity contribution in [2.24, 2.45) is 0 Å². The van der Waals surface area contributed by atoms with Crippen LogP contribution < -0.4 is 4.74 Å². The van der Waals surface area contributed by atoms with Crippen LogP contribution in [-0.4, -0.2) is 13.2 Å². The molecule has 1 atom stereocenters. The molecule has 3 aromatic carbocycles. The van der Waals surface area contributed by atoms with Crippen LogP contribution in [0.5, 0.6) is 5.75 Å². The molecule has 3 aromatic rings. The van der Waals surface area contributed by atoms with E-state index in [0.717, 1.165) is 31.8 Å². The molecule has 0 N–H and O–H groups in total. The average Bonchev–Trinajstić information content (AvgIpc) is 2.95. The number of hydrogen-bond acceptors (Lipinski definition) is 2. The molecule has 0 aliphatic heterocycles. The van der Waals surface area contributed by atoms with E-state index in [1.165, 1.54) is 85.6 Å². The van der Waals surface area contributed by atoms with Gasteiger partial charge in [0.05, 0.1) is 12.7 Å². The summed E-state index contributed by atoms with van der Waals surface area (Å²) in [7, 11) is 0. The van der Waals surface area contributed by atoms with Crippen LogP contribution in [0.4, 0.5) is 0 Å². The summed E-state index contributed by atoms with van der Waals surface area (Å²) < 4.78 is 12.1. The van der Waals surface area contributed by atoms with E-state index in [1.54, 1.807) is 0 Å². The van der Waals surface area contributed by atoms with Crippen LogP contribution >= 0.6 is 0 Å². The molecule has 0 aromatic heterocycles. The molecule has 2 heteroatoms. The van der Waals surface area contributed by atoms with Crippen molar-refractivity contribution in [2.75, 3.05) is 13.2 Å². The van der Waals surface area contributed by atoms with Crippen molar-refractivity contribution in [1.82, 2.24) is 0 Å². The van der Waals surface area contributed by atoms with Gasteiger partial charge in [0.1, 0.15) is 5.75 Å². The molecular formula is C35H48O2. The third kappa shape index (κ3) is 10.0. The first kappa shape index (κ1) is 29.0. The average molecular weight is 501 g/mol. The SMILES string of the molecule is CCCCCCCCOC(C)c1ccc(-c2ccccc2-c2ccc(OCCCCCCC)cc2)cc1. The van der Waals surface area contributed by atoms with Crippen LogP contribution in [0, 0.1) is 0 Å². The van der Waals surface area contributed by atoms with Gasteiger partial charge < -0.3 is 9.47 Å². The second-order valence-electron chi connectivity index (χ2n) is 10.2. The van der Waals surface area contributed by atoms with Crippen molar-refractivity contribution < 1.29 is 9.47 Å². The zero-order valence-corrected chi connectivity index (χ0v) is 23.5. The second kappa shape index (κ2) is 17.0. The highest BCUT2D eigenvalue weighted by Gasteiger charge is 2.10. The Hall–Kier alpha value is -2.58. The van der Waals surface area contributed by atoms with Crippen LogP contribution in [0.1, 0.15) is 103 Å². The number of ether oxygens (including phenoxy) is 2. The van der Waals surface area contributed by atoms with Gasteiger partial charge in [-0.2, -0.15) is 0 Å². The van der Waals surface area contributed by atoms with E-state index in [2.05, 4.69) is 93.6 Å². The zero-order chi connectivity index (χ0) is 26.1. The highest BCUT2D eigenvalue weighted by atomic mass is 16.5. The Morgan fingerprint density at radius 3 is 1.59 bits per heavy atom. The Morgan fingerprint density at radius 2 is 1.03 bits per heavy atom. The van der Waals surface area contributed by atoms with E-state index in [9.17, 15) is 0 Å². The first-order chi connectivity index (χ1) is 18.2. The summed E-state index contributed by atoms with van der Waals surface area (Å²) in [6, 6.07) is 26.1. The Balaban J connectivity index is 1.55. The maximum absolute atomic E-state index is 6.12. The lowest BCUT2D eigenvalue weighted by Crippen LogP contribution is -2.02. The van der Waals surface area contributed by atoms with E-state index in [4.69, 9.17) is 9.47 Å². The van der Waals surface area contributed by atoms with Gasteiger partial charge in [-0.05, 0) is 59.7 Å². The summed E-state index contributed by atoms with van der Waals surface area (Å²) in [5.74, 6) is 0.955. The van der Waals surface area contributed by atoms with Crippen molar-refractivity contribution in [1.29, 1.82) is 0 Å². The standard InChI is InChI=1S/C35H48O2/c1-4-6-8-10-12-15-27-36-29(3)30-19-21-31(22-20-30)34-17-13-14-18-35(34)32-23-25-33(26-24-32)37-28-16-11-9-7-5-2/h13-14,17-26,29H,4-12,15-16,27-28H2,1-3H3. The van der Waals surface area contributed by atoms with Gasteiger partial charge in [0.25, 0.3) is 0 Å². The molecule has 0 heterocycles. The lowest BCUT2D eigenvalue weighted by atomic mass is 9.94. The van der Waals surface area contributed by atoms with Crippen molar-refractivity contribution >= 4 is 0 Å². The number of hydrogen-bond donors (Lipinski definition) is 0. The first-order valence-corrected chi connectivity index (χ1v) is 14.8. The van der Waals surface area contributed by atoms with E-state index >= 15 is 0 Å². The highest BCUT2D eigenvalue weighted by Crippen LogP contribution is 2.33. The molecule has 0 fully saturated rings. The summed E-state index contributed by atoms with van der Waals surface area (Å²) in [5, 5.41) is 0. The molecule has 2 nitrogen and oxygen atoms in total. The summed E-state index contributed by atoms with van der Waals surface area (Å²) in [6.45, 7) is 8.32. The second-order valence-corrected chi connectivity index (χ2v) is 10.2. The quantitative estimate of drug-likeness (QED) is 0.162. The minimum atomic E-state index is 0.124. The monoisotopic (exact) mass is 500 g/mol. The Labute approximate surface area is 226 Å². The molecule has 0 spiro atoms. The largest absolute Gasteiger partial charge is 0.494 e. The van der Waals surface area contributed by atoms with Gasteiger partial charge in [0.15, 0.2) is 0 Å². The van der Waals surface area contributed by atoms with Gasteiger partial charge in [-0.3, -0.25) is 0 Å². The molecule has 37 heavy (non-hydrogen) atoms. The normalized spacial score (nSPS) is 12.0. The van der Waals surface area contributed by atoms with Gasteiger partial charge >= 0.3 is 0 Å². The fourth-order valence-corrected chi connectivity index (χ4v) is 4.79. The highest BCUT2D eigenvalue weighted by molar-refractivity contribution is 5.83. The van der Waals surface area contributed by atoms with Crippen molar-refractivity contribution in [3.05, 3.63) is 78.4 Å². The minimum Gasteiger partial charge on any atom is -0.494 e. The van der Waals surface area contributed by atoms with Gasteiger partial charge in [-0.15, -0.1) is 0 Å². The number of benzene rings is 3. The number of rotatable bonds is 18. The van der Waals surface area contributed by atoms with Gasteiger partial charge in [0.2, 0.25) is 0 Å². The first-order valence-electron chi connectivity index (χ1n) is 14.8. The van der Waals surface area contributed by atoms with Gasteiger partial charge in [0, 0.05) is 6.61 Å². The molecule has 0 bridgehead atoms. The molecule has 0 saturated heterocycles. The molecule has 0 saturated carbocycles. The van der Waals surface area contributed by atoms with E-state index < -0.39 is 0 Å². The third-order valence-corrected chi connectivity index (χ3v) is 7.17. The van der Waals surface area contributed by atoms with Crippen LogP contribution in [-0.2, 0) is 4.74 Å². The molecule has 0 aliphatic carbocycles. The van der Waals surface area contributed by atoms with E-state index in [1.807, 2.05) is 0 Å². The van der Waals surface area contributed by atoms with Crippen LogP contribution in [0.15, 0.2) is 72.8 Å². The Bertz CT molecular complexity index is 991. The molecule has 0 aliphatic rings. The van der Waals surface area contributed by atoms with Crippen molar-refractivity contribution in [3.8, 4) is 28.0 Å². The van der Waals surface area contributed by atoms with Gasteiger partial charge in [-0.25, -0.2) is 0 Å². The smallest absolute Gasteiger partial charge is 0.119 e. The molecular weight excluding hydrogens is 452 g/mol. The lowest BCUT2D eigenvalue weighted by molar-refractivity contribution is 0.0627. The summed E-state index contributed by atoms with van der Waals surface area (Å²) in [6.07, 6.45) is 14.2. The molecule has 1 unspecified atom stereocenters. The molecule has 0 radical (unpaired) electrons. The van der Waals surface area contributed by atoms with E-state index in [-0.39, 0.29) is 6.10 Å². The fourth-order valence-electron chi connectivity index (χ4n) is 4.79. The summed E-state index contributed by atoms with van der Waals surface area (Å²) in [4.78, 5) is 0. The van der Waals surface area contributed by atoms with Crippen LogP contribution in [0.25, 0.3) is 22.3 Å². The van der Waals surface area contributed by atoms with Gasteiger partial charge in [-0.1, -0.05) is 132 Å². The molecule has 3 rings (SSSR count). The molecule has 200 valence electrons. The topological polar surface area (TPSA) is 18.5 Å². The summed E-state index contributed by atoms with van der Waals surface area (Å²) >= 11 is 0. The maximum atomic E-state index is 6.12. The Kier molecular flexibility index (Phi) is 13.3. The molecule has 0 amide bonds. The maximum Gasteiger partial charge on any atom is 0.119 e. The third-order valence-electron chi connectivity index (χ3n) is 7.17. The Morgan fingerprint density at radius 1 is 0.541 bits per heavy atom. The zero-order valence-electron chi connectivity index (χ0n) is 23.5. The number of unbranched alkanes of at least 4 members (excludes halogenated alkanes) is 9. The van der Waals surface area contributed by atoms with E-state index in [0.29, 0.717) is 0 Å². The van der Waals surface area contributed by atoms with Crippen molar-refractivity contribution in [3.63, 3.8) is 0 Å².